The molecule has 20 heavy (non-hydrogen) atoms. The van der Waals surface area contributed by atoms with Crippen LogP contribution < -0.4 is 10.1 Å². The molecule has 112 valence electrons. The maximum atomic E-state index is 5.89. The van der Waals surface area contributed by atoms with Gasteiger partial charge in [-0.25, -0.2) is 0 Å². The monoisotopic (exact) mass is 276 g/mol. The second-order valence-corrected chi connectivity index (χ2v) is 5.53. The van der Waals surface area contributed by atoms with E-state index in [0.717, 1.165) is 44.6 Å². The topological polar surface area (TPSA) is 24.5 Å². The average molecular weight is 276 g/mol. The summed E-state index contributed by atoms with van der Waals surface area (Å²) in [6.07, 6.45) is 3.91. The molecule has 0 aliphatic heterocycles. The minimum atomic E-state index is 0.788. The SMILES string of the molecule is CCCNCc1cccc(OCCN(CC)C2CC2)c1. The molecule has 0 aromatic heterocycles. The lowest BCUT2D eigenvalue weighted by Crippen LogP contribution is -2.30. The zero-order chi connectivity index (χ0) is 14.2. The second kappa shape index (κ2) is 8.28. The molecule has 0 atom stereocenters. The van der Waals surface area contributed by atoms with Crippen LogP contribution in [0.1, 0.15) is 38.7 Å². The van der Waals surface area contributed by atoms with E-state index in [-0.39, 0.29) is 0 Å². The predicted octanol–water partition coefficient (Wildman–Crippen LogP) is 3.05. The smallest absolute Gasteiger partial charge is 0.119 e. The van der Waals surface area contributed by atoms with E-state index in [1.165, 1.54) is 24.8 Å². The third kappa shape index (κ3) is 5.14. The molecule has 0 saturated heterocycles. The van der Waals surface area contributed by atoms with Gasteiger partial charge in [0.05, 0.1) is 0 Å². The van der Waals surface area contributed by atoms with Gasteiger partial charge in [0.2, 0.25) is 0 Å². The van der Waals surface area contributed by atoms with Gasteiger partial charge < -0.3 is 10.1 Å². The van der Waals surface area contributed by atoms with Crippen molar-refractivity contribution in [2.45, 2.75) is 45.7 Å². The average Bonchev–Trinajstić information content (AvgIpc) is 3.29. The summed E-state index contributed by atoms with van der Waals surface area (Å²) in [6, 6.07) is 9.26. The van der Waals surface area contributed by atoms with Crippen molar-refractivity contribution in [1.29, 1.82) is 0 Å². The van der Waals surface area contributed by atoms with Crippen LogP contribution in [-0.4, -0.2) is 37.2 Å². The first kappa shape index (κ1) is 15.3. The second-order valence-electron chi connectivity index (χ2n) is 5.53. The third-order valence-corrected chi connectivity index (χ3v) is 3.77. The zero-order valence-corrected chi connectivity index (χ0v) is 12.9. The van der Waals surface area contributed by atoms with Gasteiger partial charge in [-0.1, -0.05) is 26.0 Å². The maximum absolute atomic E-state index is 5.89. The highest BCUT2D eigenvalue weighted by Gasteiger charge is 2.27. The maximum Gasteiger partial charge on any atom is 0.119 e. The summed E-state index contributed by atoms with van der Waals surface area (Å²) in [6.45, 7) is 9.38. The van der Waals surface area contributed by atoms with Crippen molar-refractivity contribution in [3.8, 4) is 5.75 Å². The van der Waals surface area contributed by atoms with E-state index in [1.54, 1.807) is 0 Å². The highest BCUT2D eigenvalue weighted by Crippen LogP contribution is 2.26. The minimum Gasteiger partial charge on any atom is -0.492 e. The summed E-state index contributed by atoms with van der Waals surface area (Å²) in [5.41, 5.74) is 1.30. The molecule has 0 unspecified atom stereocenters. The first-order chi connectivity index (χ1) is 9.83. The van der Waals surface area contributed by atoms with Crippen LogP contribution >= 0.6 is 0 Å². The number of hydrogen-bond acceptors (Lipinski definition) is 3. The fourth-order valence-electron chi connectivity index (χ4n) is 2.47. The molecule has 0 amide bonds. The summed E-state index contributed by atoms with van der Waals surface area (Å²) in [5, 5.41) is 3.42. The molecule has 3 heteroatoms. The van der Waals surface area contributed by atoms with Crippen LogP contribution in [0.3, 0.4) is 0 Å². The van der Waals surface area contributed by atoms with Crippen molar-refractivity contribution in [3.05, 3.63) is 29.8 Å². The lowest BCUT2D eigenvalue weighted by molar-refractivity contribution is 0.209. The number of nitrogens with one attached hydrogen (secondary N) is 1. The van der Waals surface area contributed by atoms with Gasteiger partial charge >= 0.3 is 0 Å². The van der Waals surface area contributed by atoms with E-state index in [2.05, 4.69) is 48.3 Å². The van der Waals surface area contributed by atoms with Crippen LogP contribution in [0.25, 0.3) is 0 Å². The summed E-state index contributed by atoms with van der Waals surface area (Å²) >= 11 is 0. The molecule has 0 heterocycles. The molecule has 0 bridgehead atoms. The summed E-state index contributed by atoms with van der Waals surface area (Å²) in [5.74, 6) is 0.993. The van der Waals surface area contributed by atoms with Gasteiger partial charge in [-0.15, -0.1) is 0 Å². The first-order valence-electron chi connectivity index (χ1n) is 8.00. The van der Waals surface area contributed by atoms with E-state index in [0.29, 0.717) is 0 Å². The molecule has 1 aromatic carbocycles. The Bertz CT molecular complexity index is 390. The van der Waals surface area contributed by atoms with Gasteiger partial charge in [0.25, 0.3) is 0 Å². The van der Waals surface area contributed by atoms with Crippen LogP contribution in [0.2, 0.25) is 0 Å². The normalized spacial score (nSPS) is 14.8. The number of likely N-dealkylation sites (N-methyl/N-ethyl adjacent to an activating group) is 1. The van der Waals surface area contributed by atoms with E-state index < -0.39 is 0 Å². The Kier molecular flexibility index (Phi) is 6.34. The van der Waals surface area contributed by atoms with E-state index in [9.17, 15) is 0 Å². The third-order valence-electron chi connectivity index (χ3n) is 3.77. The number of hydrogen-bond donors (Lipinski definition) is 1. The molecule has 1 aliphatic rings. The lowest BCUT2D eigenvalue weighted by atomic mass is 10.2. The fourth-order valence-corrected chi connectivity index (χ4v) is 2.47. The molecule has 1 aromatic rings. The number of ether oxygens (including phenoxy) is 1. The molecule has 0 spiro atoms. The van der Waals surface area contributed by atoms with Crippen LogP contribution in [0, 0.1) is 0 Å². The van der Waals surface area contributed by atoms with Crippen molar-refractivity contribution in [2.75, 3.05) is 26.2 Å². The molecule has 1 fully saturated rings. The van der Waals surface area contributed by atoms with Crippen molar-refractivity contribution < 1.29 is 4.74 Å². The van der Waals surface area contributed by atoms with Crippen LogP contribution in [0.5, 0.6) is 5.75 Å². The van der Waals surface area contributed by atoms with E-state index in [4.69, 9.17) is 4.74 Å². The van der Waals surface area contributed by atoms with Gasteiger partial charge in [0, 0.05) is 19.1 Å². The Balaban J connectivity index is 1.72. The van der Waals surface area contributed by atoms with Crippen LogP contribution in [0.15, 0.2) is 24.3 Å². The Hall–Kier alpha value is -1.06. The number of benzene rings is 1. The van der Waals surface area contributed by atoms with Crippen molar-refractivity contribution >= 4 is 0 Å². The van der Waals surface area contributed by atoms with Crippen molar-refractivity contribution in [3.63, 3.8) is 0 Å². The molecular formula is C17H28N2O. The Morgan fingerprint density at radius 2 is 2.15 bits per heavy atom. The standard InChI is InChI=1S/C17H28N2O/c1-3-10-18-14-15-6-5-7-17(13-15)20-12-11-19(4-2)16-8-9-16/h5-7,13,16,18H,3-4,8-12,14H2,1-2H3. The van der Waals surface area contributed by atoms with E-state index >= 15 is 0 Å². The molecule has 1 aliphatic carbocycles. The molecule has 3 nitrogen and oxygen atoms in total. The highest BCUT2D eigenvalue weighted by atomic mass is 16.5. The molecule has 1 N–H and O–H groups in total. The Labute approximate surface area is 123 Å². The van der Waals surface area contributed by atoms with Gasteiger partial charge in [-0.3, -0.25) is 4.90 Å². The fraction of sp³-hybridized carbons (Fsp3) is 0.647. The van der Waals surface area contributed by atoms with Gasteiger partial charge in [-0.2, -0.15) is 0 Å². The summed E-state index contributed by atoms with van der Waals surface area (Å²) in [7, 11) is 0. The first-order valence-corrected chi connectivity index (χ1v) is 8.00. The van der Waals surface area contributed by atoms with Gasteiger partial charge in [0.15, 0.2) is 0 Å². The zero-order valence-electron chi connectivity index (χ0n) is 12.9. The molecular weight excluding hydrogens is 248 g/mol. The van der Waals surface area contributed by atoms with Crippen LogP contribution in [0.4, 0.5) is 0 Å². The highest BCUT2D eigenvalue weighted by molar-refractivity contribution is 5.28. The van der Waals surface area contributed by atoms with Crippen molar-refractivity contribution in [1.82, 2.24) is 10.2 Å². The van der Waals surface area contributed by atoms with E-state index in [1.807, 2.05) is 0 Å². The lowest BCUT2D eigenvalue weighted by Gasteiger charge is -2.19. The predicted molar refractivity (Wildman–Crippen MR) is 84.2 cm³/mol. The summed E-state index contributed by atoms with van der Waals surface area (Å²) in [4.78, 5) is 2.52. The minimum absolute atomic E-state index is 0.788. The molecule has 0 radical (unpaired) electrons. The number of nitrogens with zero attached hydrogens (tertiary/aromatic N) is 1. The molecule has 2 rings (SSSR count). The van der Waals surface area contributed by atoms with Crippen molar-refractivity contribution in [2.24, 2.45) is 0 Å². The summed E-state index contributed by atoms with van der Waals surface area (Å²) < 4.78 is 5.89. The quantitative estimate of drug-likeness (QED) is 0.665. The van der Waals surface area contributed by atoms with Gasteiger partial charge in [-0.05, 0) is 50.0 Å². The Morgan fingerprint density at radius 1 is 1.30 bits per heavy atom. The Morgan fingerprint density at radius 3 is 2.85 bits per heavy atom. The number of rotatable bonds is 10. The van der Waals surface area contributed by atoms with Crippen LogP contribution in [-0.2, 0) is 6.54 Å². The molecule has 1 saturated carbocycles. The largest absolute Gasteiger partial charge is 0.492 e. The van der Waals surface area contributed by atoms with Gasteiger partial charge in [0.1, 0.15) is 12.4 Å².